The number of aliphatic carboxylic acids is 2. The van der Waals surface area contributed by atoms with Crippen molar-refractivity contribution in [3.8, 4) is 0 Å². The molecule has 1 aliphatic carbocycles. The summed E-state index contributed by atoms with van der Waals surface area (Å²) in [6.45, 7) is 12.6. The standard InChI is InChI=1S/C32H40N4O10/c1-29(2,3)45-27(43)35-19-13-9-17(10-14-19)33-23(37)21-31(7,25(39)40)22(32(21,8)26(41)42)24(38)34-18-11-15-20(16-12-18)36-28(44)46-30(4,5)6/h9-16,21-22H,1-8H3,(H,33,37)(H,34,38)(H,35,43)(H,36,44)(H,39,40)(H,41,42). The van der Waals surface area contributed by atoms with Crippen molar-refractivity contribution >= 4 is 58.7 Å². The zero-order valence-corrected chi connectivity index (χ0v) is 26.9. The summed E-state index contributed by atoms with van der Waals surface area (Å²) in [6, 6.07) is 11.6. The lowest BCUT2D eigenvalue weighted by Crippen LogP contribution is -2.74. The van der Waals surface area contributed by atoms with Crippen molar-refractivity contribution in [1.29, 1.82) is 0 Å². The molecule has 1 saturated carbocycles. The van der Waals surface area contributed by atoms with E-state index in [9.17, 15) is 39.0 Å². The van der Waals surface area contributed by atoms with Gasteiger partial charge >= 0.3 is 24.1 Å². The van der Waals surface area contributed by atoms with Crippen molar-refractivity contribution in [2.24, 2.45) is 22.7 Å². The van der Waals surface area contributed by atoms with Crippen LogP contribution in [0.2, 0.25) is 0 Å². The highest BCUT2D eigenvalue weighted by molar-refractivity contribution is 6.09. The number of amides is 4. The minimum absolute atomic E-state index is 0.202. The van der Waals surface area contributed by atoms with Crippen LogP contribution in [0, 0.1) is 22.7 Å². The van der Waals surface area contributed by atoms with Crippen molar-refractivity contribution in [2.45, 2.75) is 66.6 Å². The molecule has 0 atom stereocenters. The Kier molecular flexibility index (Phi) is 9.75. The number of hydrogen-bond acceptors (Lipinski definition) is 8. The Morgan fingerprint density at radius 2 is 0.783 bits per heavy atom. The second-order valence-corrected chi connectivity index (χ2v) is 13.4. The molecule has 2 aromatic rings. The number of carboxylic acids is 2. The minimum Gasteiger partial charge on any atom is -0.481 e. The van der Waals surface area contributed by atoms with Gasteiger partial charge in [-0.3, -0.25) is 29.8 Å². The topological polar surface area (TPSA) is 209 Å². The molecule has 0 radical (unpaired) electrons. The molecule has 0 aromatic heterocycles. The Bertz CT molecular complexity index is 1400. The van der Waals surface area contributed by atoms with Crippen LogP contribution in [0.15, 0.2) is 48.5 Å². The molecule has 14 heteroatoms. The molecule has 0 saturated heterocycles. The average molecular weight is 641 g/mol. The number of anilines is 4. The van der Waals surface area contributed by atoms with Crippen LogP contribution >= 0.6 is 0 Å². The molecule has 4 amide bonds. The lowest BCUT2D eigenvalue weighted by molar-refractivity contribution is -0.216. The Labute approximate surface area is 266 Å². The zero-order chi connectivity index (χ0) is 34.8. The van der Waals surface area contributed by atoms with Gasteiger partial charge in [-0.2, -0.15) is 0 Å². The van der Waals surface area contributed by atoms with E-state index in [-0.39, 0.29) is 11.4 Å². The van der Waals surface area contributed by atoms with Crippen LogP contribution in [0.5, 0.6) is 0 Å². The van der Waals surface area contributed by atoms with Gasteiger partial charge in [0.05, 0.1) is 22.7 Å². The summed E-state index contributed by atoms with van der Waals surface area (Å²) >= 11 is 0. The fourth-order valence-corrected chi connectivity index (χ4v) is 5.61. The third-order valence-corrected chi connectivity index (χ3v) is 7.44. The van der Waals surface area contributed by atoms with Crippen molar-refractivity contribution in [2.75, 3.05) is 21.3 Å². The van der Waals surface area contributed by atoms with Gasteiger partial charge in [-0.15, -0.1) is 0 Å². The van der Waals surface area contributed by atoms with E-state index in [0.29, 0.717) is 11.4 Å². The number of carboxylic acid groups (broad SMARTS) is 2. The number of carbonyl (C=O) groups excluding carboxylic acids is 4. The summed E-state index contributed by atoms with van der Waals surface area (Å²) < 4.78 is 10.4. The molecular formula is C32H40N4O10. The largest absolute Gasteiger partial charge is 0.481 e. The first-order valence-corrected chi connectivity index (χ1v) is 14.4. The van der Waals surface area contributed by atoms with E-state index in [1.54, 1.807) is 41.5 Å². The predicted molar refractivity (Wildman–Crippen MR) is 168 cm³/mol. The van der Waals surface area contributed by atoms with Gasteiger partial charge in [0, 0.05) is 22.7 Å². The first-order valence-electron chi connectivity index (χ1n) is 14.4. The fraction of sp³-hybridized carbons (Fsp3) is 0.438. The van der Waals surface area contributed by atoms with Crippen LogP contribution < -0.4 is 21.3 Å². The number of rotatable bonds is 8. The zero-order valence-electron chi connectivity index (χ0n) is 26.9. The van der Waals surface area contributed by atoms with E-state index >= 15 is 0 Å². The van der Waals surface area contributed by atoms with Crippen LogP contribution in [-0.2, 0) is 28.7 Å². The number of carbonyl (C=O) groups is 6. The van der Waals surface area contributed by atoms with Crippen LogP contribution in [0.1, 0.15) is 55.4 Å². The van der Waals surface area contributed by atoms with Crippen molar-refractivity contribution < 1.29 is 48.5 Å². The first kappa shape index (κ1) is 35.3. The van der Waals surface area contributed by atoms with E-state index < -0.39 is 69.8 Å². The summed E-state index contributed by atoms with van der Waals surface area (Å²) in [5, 5.41) is 30.6. The smallest absolute Gasteiger partial charge is 0.412 e. The SMILES string of the molecule is CC(C)(C)OC(=O)Nc1ccc(NC(=O)C2C(C)(C(=O)O)C(C(=O)Nc3ccc(NC(=O)OC(C)(C)C)cc3)C2(C)C(=O)O)cc1. The maximum absolute atomic E-state index is 13.5. The van der Waals surface area contributed by atoms with Gasteiger partial charge in [-0.05, 0) is 104 Å². The normalized spacial score (nSPS) is 22.3. The fourth-order valence-electron chi connectivity index (χ4n) is 5.61. The molecule has 1 aliphatic rings. The molecule has 248 valence electrons. The van der Waals surface area contributed by atoms with E-state index in [4.69, 9.17) is 9.47 Å². The quantitative estimate of drug-likeness (QED) is 0.217. The van der Waals surface area contributed by atoms with E-state index in [0.717, 1.165) is 13.8 Å². The monoisotopic (exact) mass is 640 g/mol. The number of hydrogen-bond donors (Lipinski definition) is 6. The van der Waals surface area contributed by atoms with E-state index in [1.165, 1.54) is 48.5 Å². The van der Waals surface area contributed by atoms with Gasteiger partial charge in [-0.25, -0.2) is 9.59 Å². The van der Waals surface area contributed by atoms with Gasteiger partial charge in [-0.1, -0.05) is 0 Å². The highest BCUT2D eigenvalue weighted by Gasteiger charge is 2.78. The summed E-state index contributed by atoms with van der Waals surface area (Å²) in [5.41, 5.74) is -4.52. The summed E-state index contributed by atoms with van der Waals surface area (Å²) in [6.07, 6.45) is -1.38. The Hall–Kier alpha value is -5.14. The molecular weight excluding hydrogens is 600 g/mol. The molecule has 0 bridgehead atoms. The maximum Gasteiger partial charge on any atom is 0.412 e. The molecule has 3 rings (SSSR count). The van der Waals surface area contributed by atoms with Crippen molar-refractivity contribution in [3.05, 3.63) is 48.5 Å². The second-order valence-electron chi connectivity index (χ2n) is 13.4. The van der Waals surface area contributed by atoms with Gasteiger partial charge in [0.1, 0.15) is 11.2 Å². The van der Waals surface area contributed by atoms with Gasteiger partial charge in [0.25, 0.3) is 0 Å². The number of benzene rings is 2. The maximum atomic E-state index is 13.5. The van der Waals surface area contributed by atoms with Crippen LogP contribution in [-0.4, -0.2) is 57.4 Å². The molecule has 0 unspecified atom stereocenters. The van der Waals surface area contributed by atoms with Crippen LogP contribution in [0.3, 0.4) is 0 Å². The highest BCUT2D eigenvalue weighted by atomic mass is 16.6. The summed E-state index contributed by atoms with van der Waals surface area (Å²) in [7, 11) is 0. The molecule has 1 fully saturated rings. The molecule has 0 spiro atoms. The number of nitrogens with one attached hydrogen (secondary N) is 4. The second kappa shape index (κ2) is 12.7. The van der Waals surface area contributed by atoms with E-state index in [1.807, 2.05) is 0 Å². The van der Waals surface area contributed by atoms with Crippen molar-refractivity contribution in [1.82, 2.24) is 0 Å². The average Bonchev–Trinajstić information content (AvgIpc) is 2.88. The van der Waals surface area contributed by atoms with Gasteiger partial charge < -0.3 is 30.3 Å². The predicted octanol–water partition coefficient (Wildman–Crippen LogP) is 5.39. The summed E-state index contributed by atoms with van der Waals surface area (Å²) in [5.74, 6) is -8.18. The molecule has 2 aromatic carbocycles. The lowest BCUT2D eigenvalue weighted by Gasteiger charge is -2.59. The van der Waals surface area contributed by atoms with Gasteiger partial charge in [0.2, 0.25) is 11.8 Å². The molecule has 0 heterocycles. The van der Waals surface area contributed by atoms with E-state index in [2.05, 4.69) is 21.3 Å². The van der Waals surface area contributed by atoms with Gasteiger partial charge in [0.15, 0.2) is 0 Å². The highest BCUT2D eigenvalue weighted by Crippen LogP contribution is 2.64. The minimum atomic E-state index is -2.10. The van der Waals surface area contributed by atoms with Crippen molar-refractivity contribution in [3.63, 3.8) is 0 Å². The Morgan fingerprint density at radius 1 is 0.543 bits per heavy atom. The van der Waals surface area contributed by atoms with Crippen LogP contribution in [0.4, 0.5) is 32.3 Å². The Balaban J connectivity index is 1.78. The lowest BCUT2D eigenvalue weighted by atomic mass is 9.39. The molecule has 46 heavy (non-hydrogen) atoms. The Morgan fingerprint density at radius 3 is 1.00 bits per heavy atom. The molecule has 6 N–H and O–H groups in total. The summed E-state index contributed by atoms with van der Waals surface area (Å²) in [4.78, 5) is 76.2. The molecule has 0 aliphatic heterocycles. The third kappa shape index (κ3) is 7.73. The number of ether oxygens (including phenoxy) is 2. The molecule has 14 nitrogen and oxygen atoms in total. The van der Waals surface area contributed by atoms with Crippen LogP contribution in [0.25, 0.3) is 0 Å². The third-order valence-electron chi connectivity index (χ3n) is 7.44. The first-order chi connectivity index (χ1) is 21.1.